The summed E-state index contributed by atoms with van der Waals surface area (Å²) < 4.78 is 28.4. The van der Waals surface area contributed by atoms with Crippen LogP contribution in [0.5, 0.6) is 0 Å². The van der Waals surface area contributed by atoms with E-state index in [0.717, 1.165) is 22.7 Å². The van der Waals surface area contributed by atoms with Crippen LogP contribution in [0, 0.1) is 6.92 Å². The smallest absolute Gasteiger partial charge is 0.254 e. The molecule has 0 aliphatic carbocycles. The number of halogens is 1. The number of imidazole rings is 1. The SMILES string of the molecule is Cc1ccc(Nc2nccc(N(C)c3ccc4c(c3)nc(NC(C)c3ccccc3)n4C)n2)cc1S(=O)(=O)NCl. The average molecular weight is 577 g/mol. The van der Waals surface area contributed by atoms with Crippen LogP contribution in [0.3, 0.4) is 0 Å². The predicted octanol–water partition coefficient (Wildman–Crippen LogP) is 5.79. The van der Waals surface area contributed by atoms with Gasteiger partial charge in [0.15, 0.2) is 0 Å². The third-order valence-electron chi connectivity index (χ3n) is 6.72. The summed E-state index contributed by atoms with van der Waals surface area (Å²) in [7, 11) is 0.0769. The molecule has 40 heavy (non-hydrogen) atoms. The lowest BCUT2D eigenvalue weighted by molar-refractivity contribution is 0.593. The van der Waals surface area contributed by atoms with Crippen molar-refractivity contribution in [1.82, 2.24) is 23.8 Å². The molecule has 206 valence electrons. The molecule has 0 spiro atoms. The largest absolute Gasteiger partial charge is 0.349 e. The first-order chi connectivity index (χ1) is 19.2. The first-order valence-electron chi connectivity index (χ1n) is 12.5. The van der Waals surface area contributed by atoms with Crippen LogP contribution in [0.15, 0.2) is 83.9 Å². The first kappa shape index (κ1) is 27.4. The van der Waals surface area contributed by atoms with Crippen LogP contribution in [-0.4, -0.2) is 35.0 Å². The maximum absolute atomic E-state index is 12.2. The molecule has 3 aromatic carbocycles. The zero-order valence-corrected chi connectivity index (χ0v) is 24.0. The number of hydrogen-bond acceptors (Lipinski definition) is 8. The molecular weight excluding hydrogens is 548 g/mol. The van der Waals surface area contributed by atoms with Gasteiger partial charge in [-0.2, -0.15) is 4.98 Å². The normalized spacial score (nSPS) is 12.3. The molecule has 0 amide bonds. The van der Waals surface area contributed by atoms with E-state index in [0.29, 0.717) is 23.0 Å². The second-order valence-corrected chi connectivity index (χ2v) is 11.5. The lowest BCUT2D eigenvalue weighted by Gasteiger charge is -2.19. The summed E-state index contributed by atoms with van der Waals surface area (Å²) in [5.41, 5.74) is 5.00. The number of aromatic nitrogens is 4. The van der Waals surface area contributed by atoms with E-state index in [1.54, 1.807) is 31.3 Å². The van der Waals surface area contributed by atoms with E-state index in [4.69, 9.17) is 16.8 Å². The summed E-state index contributed by atoms with van der Waals surface area (Å²) in [5, 5.41) is 6.59. The number of rotatable bonds is 9. The number of fused-ring (bicyclic) bond motifs is 1. The molecule has 0 saturated heterocycles. The van der Waals surface area contributed by atoms with E-state index < -0.39 is 10.0 Å². The highest BCUT2D eigenvalue weighted by atomic mass is 35.5. The van der Waals surface area contributed by atoms with Gasteiger partial charge in [0, 0.05) is 31.7 Å². The highest BCUT2D eigenvalue weighted by Crippen LogP contribution is 2.29. The standard InChI is InChI=1S/C28H29ClN8O2S/c1-18-10-11-21(16-25(18)40(38,39)35-29)32-27-30-15-14-26(34-27)36(3)22-12-13-24-23(17-22)33-28(37(24)4)31-19(2)20-8-6-5-7-9-20/h5-17,19,35H,1-4H3,(H,31,33)(H,30,32,34). The second-order valence-electron chi connectivity index (χ2n) is 9.43. The Balaban J connectivity index is 1.37. The van der Waals surface area contributed by atoms with Gasteiger partial charge in [-0.05, 0) is 73.1 Å². The maximum Gasteiger partial charge on any atom is 0.254 e. The molecule has 10 nitrogen and oxygen atoms in total. The van der Waals surface area contributed by atoms with Crippen molar-refractivity contribution in [3.05, 3.63) is 90.1 Å². The van der Waals surface area contributed by atoms with Crippen molar-refractivity contribution in [3.63, 3.8) is 0 Å². The number of sulfonamides is 1. The van der Waals surface area contributed by atoms with Gasteiger partial charge in [0.05, 0.1) is 22.0 Å². The topological polar surface area (TPSA) is 117 Å². The number of nitrogens with zero attached hydrogens (tertiary/aromatic N) is 5. The molecule has 0 aliphatic rings. The second kappa shape index (κ2) is 11.1. The monoisotopic (exact) mass is 576 g/mol. The van der Waals surface area contributed by atoms with Crippen molar-refractivity contribution in [2.75, 3.05) is 22.6 Å². The van der Waals surface area contributed by atoms with Gasteiger partial charge < -0.3 is 20.1 Å². The zero-order valence-electron chi connectivity index (χ0n) is 22.4. The van der Waals surface area contributed by atoms with Crippen LogP contribution in [0.2, 0.25) is 0 Å². The Morgan fingerprint density at radius 1 is 1.00 bits per heavy atom. The molecule has 0 bridgehead atoms. The van der Waals surface area contributed by atoms with Crippen molar-refractivity contribution in [1.29, 1.82) is 0 Å². The van der Waals surface area contributed by atoms with Crippen LogP contribution in [0.25, 0.3) is 11.0 Å². The molecule has 2 heterocycles. The molecule has 12 heteroatoms. The Hall–Kier alpha value is -4.19. The van der Waals surface area contributed by atoms with Gasteiger partial charge in [0.25, 0.3) is 10.0 Å². The molecule has 2 aromatic heterocycles. The van der Waals surface area contributed by atoms with E-state index >= 15 is 0 Å². The number of anilines is 5. The first-order valence-corrected chi connectivity index (χ1v) is 14.4. The number of nitrogens with one attached hydrogen (secondary N) is 3. The van der Waals surface area contributed by atoms with Gasteiger partial charge in [-0.15, -0.1) is 4.24 Å². The van der Waals surface area contributed by atoms with Gasteiger partial charge in [0.2, 0.25) is 11.9 Å². The Labute approximate surface area is 238 Å². The zero-order chi connectivity index (χ0) is 28.4. The minimum Gasteiger partial charge on any atom is -0.349 e. The summed E-state index contributed by atoms with van der Waals surface area (Å²) in [4.78, 5) is 15.8. The molecule has 0 fully saturated rings. The summed E-state index contributed by atoms with van der Waals surface area (Å²) in [6.07, 6.45) is 1.64. The fourth-order valence-electron chi connectivity index (χ4n) is 4.41. The summed E-state index contributed by atoms with van der Waals surface area (Å²) >= 11 is 5.42. The van der Waals surface area contributed by atoms with Crippen molar-refractivity contribution in [3.8, 4) is 0 Å². The van der Waals surface area contributed by atoms with Gasteiger partial charge in [-0.1, -0.05) is 36.4 Å². The third-order valence-corrected chi connectivity index (χ3v) is 8.55. The lowest BCUT2D eigenvalue weighted by Crippen LogP contribution is -2.15. The lowest BCUT2D eigenvalue weighted by atomic mass is 10.1. The van der Waals surface area contributed by atoms with E-state index in [1.165, 1.54) is 11.6 Å². The molecule has 0 radical (unpaired) electrons. The van der Waals surface area contributed by atoms with Gasteiger partial charge in [-0.25, -0.2) is 18.4 Å². The quantitative estimate of drug-likeness (QED) is 0.189. The fraction of sp³-hybridized carbons (Fsp3) is 0.179. The fourth-order valence-corrected chi connectivity index (χ4v) is 5.52. The summed E-state index contributed by atoms with van der Waals surface area (Å²) in [6.45, 7) is 3.80. The van der Waals surface area contributed by atoms with E-state index in [-0.39, 0.29) is 10.9 Å². The van der Waals surface area contributed by atoms with Crippen molar-refractivity contribution in [2.45, 2.75) is 24.8 Å². The van der Waals surface area contributed by atoms with E-state index in [2.05, 4.69) is 39.7 Å². The molecule has 0 saturated carbocycles. The van der Waals surface area contributed by atoms with Crippen molar-refractivity contribution < 1.29 is 8.42 Å². The molecule has 0 aliphatic heterocycles. The average Bonchev–Trinajstić information content (AvgIpc) is 3.28. The minimum absolute atomic E-state index is 0.0662. The van der Waals surface area contributed by atoms with Crippen molar-refractivity contribution in [2.24, 2.45) is 7.05 Å². The van der Waals surface area contributed by atoms with Gasteiger partial charge >= 0.3 is 0 Å². The van der Waals surface area contributed by atoms with E-state index in [9.17, 15) is 8.42 Å². The van der Waals surface area contributed by atoms with Crippen LogP contribution < -0.4 is 19.8 Å². The molecule has 5 rings (SSSR count). The number of aryl methyl sites for hydroxylation is 2. The number of hydrogen-bond donors (Lipinski definition) is 3. The Bertz CT molecular complexity index is 1780. The predicted molar refractivity (Wildman–Crippen MR) is 160 cm³/mol. The van der Waals surface area contributed by atoms with E-state index in [1.807, 2.05) is 64.2 Å². The van der Waals surface area contributed by atoms with Gasteiger partial charge in [-0.3, -0.25) is 0 Å². The molecule has 1 atom stereocenters. The third kappa shape index (κ3) is 5.57. The Morgan fingerprint density at radius 2 is 1.77 bits per heavy atom. The molecular formula is C28H29ClN8O2S. The molecule has 3 N–H and O–H groups in total. The molecule has 1 unspecified atom stereocenters. The van der Waals surface area contributed by atoms with Crippen LogP contribution >= 0.6 is 11.8 Å². The molecule has 5 aromatic rings. The highest BCUT2D eigenvalue weighted by Gasteiger charge is 2.17. The van der Waals surface area contributed by atoms with Crippen LogP contribution in [0.4, 0.5) is 29.1 Å². The van der Waals surface area contributed by atoms with Crippen LogP contribution in [0.1, 0.15) is 24.1 Å². The Morgan fingerprint density at radius 3 is 2.52 bits per heavy atom. The minimum atomic E-state index is -3.83. The van der Waals surface area contributed by atoms with Crippen molar-refractivity contribution >= 4 is 61.9 Å². The summed E-state index contributed by atoms with van der Waals surface area (Å²) in [6, 6.07) is 23.1. The summed E-state index contributed by atoms with van der Waals surface area (Å²) in [5.74, 6) is 1.74. The van der Waals surface area contributed by atoms with Crippen LogP contribution in [-0.2, 0) is 17.1 Å². The number of benzene rings is 3. The highest BCUT2D eigenvalue weighted by molar-refractivity contribution is 7.90. The maximum atomic E-state index is 12.2. The van der Waals surface area contributed by atoms with Gasteiger partial charge in [0.1, 0.15) is 5.82 Å². The Kier molecular flexibility index (Phi) is 7.61.